The monoisotopic (exact) mass is 283 g/mol. The van der Waals surface area contributed by atoms with Gasteiger partial charge in [0.05, 0.1) is 18.5 Å². The summed E-state index contributed by atoms with van der Waals surface area (Å²) in [4.78, 5) is 0. The van der Waals surface area contributed by atoms with Gasteiger partial charge in [-0.3, -0.25) is 0 Å². The zero-order chi connectivity index (χ0) is 13.9. The number of rotatable bonds is 4. The number of nitrogens with zero attached hydrogens (tertiary/aromatic N) is 1. The number of hydrogen-bond donors (Lipinski definition) is 0. The molecular formula is C14H21NO3S. The lowest BCUT2D eigenvalue weighted by Gasteiger charge is -2.32. The summed E-state index contributed by atoms with van der Waals surface area (Å²) in [5.41, 5.74) is 2.32. The average Bonchev–Trinajstić information content (AvgIpc) is 2.47. The molecular weight excluding hydrogens is 262 g/mol. The zero-order valence-corrected chi connectivity index (χ0v) is 12.3. The normalized spacial score (nSPS) is 21.5. The van der Waals surface area contributed by atoms with Gasteiger partial charge in [-0.15, -0.1) is 0 Å². The van der Waals surface area contributed by atoms with Gasteiger partial charge < -0.3 is 4.74 Å². The van der Waals surface area contributed by atoms with Crippen LogP contribution in [-0.4, -0.2) is 38.2 Å². The van der Waals surface area contributed by atoms with E-state index in [1.807, 2.05) is 12.1 Å². The van der Waals surface area contributed by atoms with E-state index < -0.39 is 10.0 Å². The largest absolute Gasteiger partial charge is 0.371 e. The molecule has 1 saturated heterocycles. The second kappa shape index (κ2) is 6.03. The molecule has 1 atom stereocenters. The van der Waals surface area contributed by atoms with Gasteiger partial charge in [0, 0.05) is 13.1 Å². The van der Waals surface area contributed by atoms with Crippen LogP contribution >= 0.6 is 0 Å². The molecule has 0 aliphatic carbocycles. The van der Waals surface area contributed by atoms with Crippen LogP contribution < -0.4 is 0 Å². The predicted octanol–water partition coefficient (Wildman–Crippen LogP) is 1.97. The summed E-state index contributed by atoms with van der Waals surface area (Å²) in [5, 5.41) is 0. The maximum atomic E-state index is 11.9. The summed E-state index contributed by atoms with van der Waals surface area (Å²) in [6.45, 7) is 5.12. The van der Waals surface area contributed by atoms with E-state index in [1.165, 1.54) is 9.87 Å². The first kappa shape index (κ1) is 14.5. The third-order valence-corrected chi connectivity index (χ3v) is 5.40. The lowest BCUT2D eigenvalue weighted by Crippen LogP contribution is -2.42. The Hall–Kier alpha value is -0.910. The van der Waals surface area contributed by atoms with Gasteiger partial charge >= 0.3 is 0 Å². The molecule has 2 rings (SSSR count). The summed E-state index contributed by atoms with van der Waals surface area (Å²) in [5.74, 6) is 0.147. The predicted molar refractivity (Wildman–Crippen MR) is 75.5 cm³/mol. The van der Waals surface area contributed by atoms with Gasteiger partial charge in [-0.25, -0.2) is 8.42 Å². The van der Waals surface area contributed by atoms with Crippen LogP contribution in [0.5, 0.6) is 0 Å². The first-order chi connectivity index (χ1) is 9.06. The quantitative estimate of drug-likeness (QED) is 0.849. The summed E-state index contributed by atoms with van der Waals surface area (Å²) in [6, 6.07) is 8.22. The number of ether oxygens (including phenoxy) is 1. The molecule has 0 aromatic heterocycles. The molecule has 0 bridgehead atoms. The third kappa shape index (κ3) is 3.35. The molecule has 5 heteroatoms. The van der Waals surface area contributed by atoms with Crippen LogP contribution in [0.4, 0.5) is 0 Å². The van der Waals surface area contributed by atoms with Crippen LogP contribution in [-0.2, 0) is 21.2 Å². The van der Waals surface area contributed by atoms with Crippen molar-refractivity contribution in [3.8, 4) is 0 Å². The van der Waals surface area contributed by atoms with Crippen LogP contribution in [0.1, 0.15) is 31.1 Å². The molecule has 1 aromatic rings. The Morgan fingerprint density at radius 3 is 2.53 bits per heavy atom. The maximum absolute atomic E-state index is 11.9. The number of morpholine rings is 1. The van der Waals surface area contributed by atoms with Crippen LogP contribution in [0, 0.1) is 0 Å². The van der Waals surface area contributed by atoms with E-state index in [1.54, 1.807) is 6.92 Å². The topological polar surface area (TPSA) is 46.6 Å². The summed E-state index contributed by atoms with van der Waals surface area (Å²) >= 11 is 0. The van der Waals surface area contributed by atoms with Gasteiger partial charge in [0.15, 0.2) is 0 Å². The highest BCUT2D eigenvalue weighted by Crippen LogP contribution is 2.24. The molecule has 1 unspecified atom stereocenters. The van der Waals surface area contributed by atoms with Crippen molar-refractivity contribution in [2.24, 2.45) is 0 Å². The summed E-state index contributed by atoms with van der Waals surface area (Å²) in [7, 11) is -3.12. The highest BCUT2D eigenvalue weighted by atomic mass is 32.2. The smallest absolute Gasteiger partial charge is 0.214 e. The van der Waals surface area contributed by atoms with E-state index in [-0.39, 0.29) is 11.9 Å². The van der Waals surface area contributed by atoms with E-state index in [4.69, 9.17) is 4.74 Å². The van der Waals surface area contributed by atoms with E-state index in [0.717, 1.165) is 12.0 Å². The Kier molecular flexibility index (Phi) is 4.60. The second-order valence-corrected chi connectivity index (χ2v) is 6.97. The summed E-state index contributed by atoms with van der Waals surface area (Å²) in [6.07, 6.45) is 0.850. The number of hydrogen-bond acceptors (Lipinski definition) is 3. The minimum atomic E-state index is -3.12. The van der Waals surface area contributed by atoms with Crippen LogP contribution in [0.2, 0.25) is 0 Å². The molecule has 1 aromatic carbocycles. The molecule has 0 spiro atoms. The Balaban J connectivity index is 2.12. The lowest BCUT2D eigenvalue weighted by molar-refractivity contribution is -0.00250. The first-order valence-corrected chi connectivity index (χ1v) is 8.36. The van der Waals surface area contributed by atoms with Crippen molar-refractivity contribution in [2.45, 2.75) is 26.4 Å². The van der Waals surface area contributed by atoms with E-state index in [9.17, 15) is 8.42 Å². The molecule has 1 aliphatic rings. The Bertz CT molecular complexity index is 510. The standard InChI is InChI=1S/C14H21NO3S/c1-3-12-5-7-13(8-6-12)14-11-15(9-10-18-14)19(16,17)4-2/h5-8,14H,3-4,9-11H2,1-2H3. The van der Waals surface area contributed by atoms with Crippen molar-refractivity contribution in [3.05, 3.63) is 35.4 Å². The number of benzene rings is 1. The molecule has 0 radical (unpaired) electrons. The first-order valence-electron chi connectivity index (χ1n) is 6.75. The molecule has 1 fully saturated rings. The molecule has 0 saturated carbocycles. The van der Waals surface area contributed by atoms with Crippen molar-refractivity contribution < 1.29 is 13.2 Å². The highest BCUT2D eigenvalue weighted by Gasteiger charge is 2.28. The zero-order valence-electron chi connectivity index (χ0n) is 11.5. The fourth-order valence-corrected chi connectivity index (χ4v) is 3.31. The van der Waals surface area contributed by atoms with Crippen LogP contribution in [0.3, 0.4) is 0 Å². The number of sulfonamides is 1. The SMILES string of the molecule is CCc1ccc(C2CN(S(=O)(=O)CC)CCO2)cc1. The third-order valence-electron chi connectivity index (χ3n) is 3.55. The molecule has 19 heavy (non-hydrogen) atoms. The Morgan fingerprint density at radius 2 is 1.95 bits per heavy atom. The molecule has 4 nitrogen and oxygen atoms in total. The minimum Gasteiger partial charge on any atom is -0.371 e. The average molecular weight is 283 g/mol. The second-order valence-electron chi connectivity index (χ2n) is 4.71. The molecule has 0 amide bonds. The van der Waals surface area contributed by atoms with Crippen molar-refractivity contribution in [1.29, 1.82) is 0 Å². The Morgan fingerprint density at radius 1 is 1.26 bits per heavy atom. The van der Waals surface area contributed by atoms with Crippen molar-refractivity contribution in [2.75, 3.05) is 25.4 Å². The number of aryl methyl sites for hydroxylation is 1. The van der Waals surface area contributed by atoms with Gasteiger partial charge in [-0.1, -0.05) is 31.2 Å². The molecule has 0 N–H and O–H groups in total. The van der Waals surface area contributed by atoms with Crippen LogP contribution in [0.25, 0.3) is 0 Å². The fraction of sp³-hybridized carbons (Fsp3) is 0.571. The fourth-order valence-electron chi connectivity index (χ4n) is 2.23. The Labute approximate surface area is 115 Å². The van der Waals surface area contributed by atoms with E-state index in [2.05, 4.69) is 19.1 Å². The molecule has 1 aliphatic heterocycles. The van der Waals surface area contributed by atoms with E-state index in [0.29, 0.717) is 19.7 Å². The highest BCUT2D eigenvalue weighted by molar-refractivity contribution is 7.89. The molecule has 1 heterocycles. The van der Waals surface area contributed by atoms with Gasteiger partial charge in [0.2, 0.25) is 10.0 Å². The van der Waals surface area contributed by atoms with Crippen LogP contribution in [0.15, 0.2) is 24.3 Å². The lowest BCUT2D eigenvalue weighted by atomic mass is 10.1. The van der Waals surface area contributed by atoms with Crippen molar-refractivity contribution in [1.82, 2.24) is 4.31 Å². The van der Waals surface area contributed by atoms with Crippen molar-refractivity contribution >= 4 is 10.0 Å². The van der Waals surface area contributed by atoms with Gasteiger partial charge in [-0.2, -0.15) is 4.31 Å². The van der Waals surface area contributed by atoms with Gasteiger partial charge in [0.25, 0.3) is 0 Å². The minimum absolute atomic E-state index is 0.147. The van der Waals surface area contributed by atoms with Crippen molar-refractivity contribution in [3.63, 3.8) is 0 Å². The summed E-state index contributed by atoms with van der Waals surface area (Å²) < 4.78 is 31.0. The molecule has 106 valence electrons. The van der Waals surface area contributed by atoms with E-state index >= 15 is 0 Å². The van der Waals surface area contributed by atoms with Gasteiger partial charge in [-0.05, 0) is 24.5 Å². The maximum Gasteiger partial charge on any atom is 0.214 e. The van der Waals surface area contributed by atoms with Gasteiger partial charge in [0.1, 0.15) is 0 Å².